The molecule has 0 heterocycles. The molecule has 0 aliphatic heterocycles. The van der Waals surface area contributed by atoms with Gasteiger partial charge in [0.05, 0.1) is 11.6 Å². The second kappa shape index (κ2) is 2.83. The molecule has 1 rings (SSSR count). The van der Waals surface area contributed by atoms with E-state index in [2.05, 4.69) is 4.94 Å². The fraction of sp³-hybridized carbons (Fsp3) is 0. The minimum Gasteiger partial charge on any atom is -0.294 e. The number of hydrogen-bond donors (Lipinski definition) is 0. The van der Waals surface area contributed by atoms with Crippen LogP contribution in [-0.4, -0.2) is 0 Å². The average Bonchev–Trinajstić information content (AvgIpc) is 2.05. The first-order valence-electron chi connectivity index (χ1n) is 2.65. The van der Waals surface area contributed by atoms with Crippen LogP contribution in [0.2, 0.25) is 0 Å². The molecule has 0 unspecified atom stereocenters. The molecule has 0 aliphatic rings. The van der Waals surface area contributed by atoms with Crippen molar-refractivity contribution in [2.75, 3.05) is 0 Å². The molecule has 10 heavy (non-hydrogen) atoms. The van der Waals surface area contributed by atoms with E-state index in [1.165, 1.54) is 24.3 Å². The number of nitriles is 1. The third-order valence-electron chi connectivity index (χ3n) is 1.07. The van der Waals surface area contributed by atoms with Gasteiger partial charge in [-0.15, -0.1) is 0 Å². The quantitative estimate of drug-likeness (QED) is 0.591. The number of hydrogen-bond acceptors (Lipinski definition) is 2. The van der Waals surface area contributed by atoms with Crippen molar-refractivity contribution in [2.24, 2.45) is 0 Å². The molecule has 3 heteroatoms. The summed E-state index contributed by atoms with van der Waals surface area (Å²) in [6, 6.07) is 7.64. The molecule has 2 nitrogen and oxygen atoms in total. The maximum Gasteiger partial charge on any atom is 0.171 e. The summed E-state index contributed by atoms with van der Waals surface area (Å²) in [4.78, 5) is 3.40. The third kappa shape index (κ3) is 1.23. The first-order valence-corrected chi connectivity index (χ1v) is 2.65. The maximum absolute atomic E-state index is 11.4. The first-order chi connectivity index (χ1) is 4.86. The molecule has 0 aromatic heterocycles. The predicted octanol–water partition coefficient (Wildman–Crippen LogP) is 1.82. The third-order valence-corrected chi connectivity index (χ3v) is 1.07. The van der Waals surface area contributed by atoms with E-state index in [9.17, 15) is 4.53 Å². The molecule has 0 atom stereocenters. The van der Waals surface area contributed by atoms with Crippen molar-refractivity contribution in [1.29, 1.82) is 5.26 Å². The number of nitrogens with zero attached hydrogens (tertiary/aromatic N) is 1. The van der Waals surface area contributed by atoms with Gasteiger partial charge >= 0.3 is 0 Å². The minimum atomic E-state index is 0.110. The molecule has 0 N–H and O–H groups in total. The monoisotopic (exact) mass is 137 g/mol. The van der Waals surface area contributed by atoms with Gasteiger partial charge in [0.2, 0.25) is 0 Å². The maximum atomic E-state index is 11.4. The van der Waals surface area contributed by atoms with Gasteiger partial charge in [-0.3, -0.25) is 4.94 Å². The first kappa shape index (κ1) is 6.56. The van der Waals surface area contributed by atoms with Gasteiger partial charge < -0.3 is 0 Å². The molecule has 0 radical (unpaired) electrons. The van der Waals surface area contributed by atoms with Crippen molar-refractivity contribution in [2.45, 2.75) is 0 Å². The average molecular weight is 137 g/mol. The molecule has 0 spiro atoms. The largest absolute Gasteiger partial charge is 0.294 e. The minimum absolute atomic E-state index is 0.110. The Bertz CT molecular complexity index is 249. The van der Waals surface area contributed by atoms with Crippen molar-refractivity contribution in [1.82, 2.24) is 0 Å². The Labute approximate surface area is 57.4 Å². The van der Waals surface area contributed by atoms with E-state index >= 15 is 0 Å². The summed E-state index contributed by atoms with van der Waals surface area (Å²) in [6.45, 7) is 0. The molecule has 1 aromatic rings. The van der Waals surface area contributed by atoms with Crippen molar-refractivity contribution >= 4 is 0 Å². The topological polar surface area (TPSA) is 33.0 Å². The van der Waals surface area contributed by atoms with Crippen LogP contribution in [0.5, 0.6) is 5.75 Å². The molecule has 0 amide bonds. The molecule has 0 saturated carbocycles. The second-order valence-electron chi connectivity index (χ2n) is 1.71. The molecular weight excluding hydrogens is 133 g/mol. The summed E-state index contributed by atoms with van der Waals surface area (Å²) < 4.78 is 11.4. The van der Waals surface area contributed by atoms with Crippen LogP contribution in [0.3, 0.4) is 0 Å². The highest BCUT2D eigenvalue weighted by molar-refractivity contribution is 5.34. The van der Waals surface area contributed by atoms with Gasteiger partial charge in [-0.25, -0.2) is 0 Å². The van der Waals surface area contributed by atoms with Crippen molar-refractivity contribution < 1.29 is 9.47 Å². The number of halogens is 1. The standard InChI is InChI=1S/C7H4FNO/c8-10-7-3-1-6(5-9)2-4-7/h1-4H. The normalized spacial score (nSPS) is 8.40. The number of rotatable bonds is 1. The molecule has 0 aliphatic carbocycles. The van der Waals surface area contributed by atoms with E-state index in [1.54, 1.807) is 0 Å². The molecule has 1 aromatic carbocycles. The summed E-state index contributed by atoms with van der Waals surface area (Å²) in [5.41, 5.74) is 0.487. The van der Waals surface area contributed by atoms with Crippen LogP contribution in [0.25, 0.3) is 0 Å². The van der Waals surface area contributed by atoms with E-state index in [1.807, 2.05) is 6.07 Å². The van der Waals surface area contributed by atoms with E-state index in [-0.39, 0.29) is 5.75 Å². The zero-order valence-corrected chi connectivity index (χ0v) is 5.04. The lowest BCUT2D eigenvalue weighted by Gasteiger charge is -1.90. The van der Waals surface area contributed by atoms with Crippen LogP contribution in [0, 0.1) is 11.3 Å². The van der Waals surface area contributed by atoms with E-state index in [0.717, 1.165) is 0 Å². The van der Waals surface area contributed by atoms with Crippen LogP contribution in [-0.2, 0) is 0 Å². The van der Waals surface area contributed by atoms with Gasteiger partial charge in [-0.05, 0) is 24.3 Å². The van der Waals surface area contributed by atoms with Crippen molar-refractivity contribution in [3.05, 3.63) is 29.8 Å². The Balaban J connectivity index is 2.93. The highest BCUT2D eigenvalue weighted by Crippen LogP contribution is 2.10. The SMILES string of the molecule is N#Cc1ccc(OF)cc1. The van der Waals surface area contributed by atoms with Crippen LogP contribution < -0.4 is 4.94 Å². The smallest absolute Gasteiger partial charge is 0.171 e. The summed E-state index contributed by atoms with van der Waals surface area (Å²) in [7, 11) is 0. The summed E-state index contributed by atoms with van der Waals surface area (Å²) >= 11 is 0. The number of benzene rings is 1. The fourth-order valence-corrected chi connectivity index (χ4v) is 0.581. The molecular formula is C7H4FNO. The Morgan fingerprint density at radius 2 is 1.90 bits per heavy atom. The Morgan fingerprint density at radius 1 is 1.30 bits per heavy atom. The van der Waals surface area contributed by atoms with Crippen molar-refractivity contribution in [3.63, 3.8) is 0 Å². The van der Waals surface area contributed by atoms with Gasteiger partial charge in [0.1, 0.15) is 0 Å². The van der Waals surface area contributed by atoms with E-state index in [4.69, 9.17) is 5.26 Å². The lowest BCUT2D eigenvalue weighted by atomic mass is 10.2. The zero-order valence-electron chi connectivity index (χ0n) is 5.04. The summed E-state index contributed by atoms with van der Waals surface area (Å²) in [6.07, 6.45) is 0. The van der Waals surface area contributed by atoms with Crippen LogP contribution in [0.15, 0.2) is 24.3 Å². The van der Waals surface area contributed by atoms with E-state index < -0.39 is 0 Å². The zero-order chi connectivity index (χ0) is 7.40. The fourth-order valence-electron chi connectivity index (χ4n) is 0.581. The Hall–Kier alpha value is -1.56. The highest BCUT2D eigenvalue weighted by Gasteiger charge is 1.91. The summed E-state index contributed by atoms with van der Waals surface area (Å²) in [5.74, 6) is 0.110. The Morgan fingerprint density at radius 3 is 2.30 bits per heavy atom. The lowest BCUT2D eigenvalue weighted by Crippen LogP contribution is -1.76. The van der Waals surface area contributed by atoms with Gasteiger partial charge in [0, 0.05) is 4.53 Å². The molecule has 0 fully saturated rings. The van der Waals surface area contributed by atoms with Gasteiger partial charge in [0.25, 0.3) is 0 Å². The van der Waals surface area contributed by atoms with Gasteiger partial charge in [-0.2, -0.15) is 5.26 Å². The van der Waals surface area contributed by atoms with Crippen LogP contribution >= 0.6 is 0 Å². The highest BCUT2D eigenvalue weighted by atomic mass is 19.3. The van der Waals surface area contributed by atoms with Gasteiger partial charge in [0.15, 0.2) is 5.75 Å². The molecule has 0 bridgehead atoms. The second-order valence-corrected chi connectivity index (χ2v) is 1.71. The molecule has 0 saturated heterocycles. The Kier molecular flexibility index (Phi) is 1.86. The lowest BCUT2D eigenvalue weighted by molar-refractivity contribution is -0.00620. The van der Waals surface area contributed by atoms with E-state index in [0.29, 0.717) is 5.56 Å². The van der Waals surface area contributed by atoms with Gasteiger partial charge in [-0.1, -0.05) is 0 Å². The van der Waals surface area contributed by atoms with Crippen LogP contribution in [0.4, 0.5) is 4.53 Å². The van der Waals surface area contributed by atoms with Crippen LogP contribution in [0.1, 0.15) is 5.56 Å². The molecule has 50 valence electrons. The van der Waals surface area contributed by atoms with Crippen molar-refractivity contribution in [3.8, 4) is 11.8 Å². The summed E-state index contributed by atoms with van der Waals surface area (Å²) in [5, 5.41) is 8.32. The predicted molar refractivity (Wildman–Crippen MR) is 32.9 cm³/mol.